The molecule has 1 aromatic carbocycles. The monoisotopic (exact) mass is 218 g/mol. The van der Waals surface area contributed by atoms with Crippen LogP contribution in [0.5, 0.6) is 0 Å². The highest BCUT2D eigenvalue weighted by Crippen LogP contribution is 2.21. The molecule has 0 bridgehead atoms. The van der Waals surface area contributed by atoms with E-state index in [4.69, 9.17) is 4.42 Å². The number of nitrogens with zero attached hydrogens (tertiary/aromatic N) is 1. The molecule has 1 aromatic heterocycles. The average Bonchev–Trinajstić information content (AvgIpc) is 2.57. The molecule has 1 N–H and O–H groups in total. The van der Waals surface area contributed by atoms with E-state index < -0.39 is 0 Å². The van der Waals surface area contributed by atoms with Crippen LogP contribution in [0.15, 0.2) is 22.6 Å². The lowest BCUT2D eigenvalue weighted by atomic mass is 10.1. The van der Waals surface area contributed by atoms with E-state index in [1.165, 1.54) is 0 Å². The minimum atomic E-state index is 0.446. The van der Waals surface area contributed by atoms with Gasteiger partial charge < -0.3 is 9.73 Å². The predicted molar refractivity (Wildman–Crippen MR) is 66.7 cm³/mol. The minimum absolute atomic E-state index is 0.446. The van der Waals surface area contributed by atoms with E-state index in [9.17, 15) is 0 Å². The summed E-state index contributed by atoms with van der Waals surface area (Å²) in [5.74, 6) is 1.32. The van der Waals surface area contributed by atoms with Crippen molar-refractivity contribution >= 4 is 16.8 Å². The summed E-state index contributed by atoms with van der Waals surface area (Å²) in [6, 6.07) is 6.49. The van der Waals surface area contributed by atoms with Crippen molar-refractivity contribution in [2.24, 2.45) is 5.92 Å². The van der Waals surface area contributed by atoms with Gasteiger partial charge in [-0.3, -0.25) is 0 Å². The van der Waals surface area contributed by atoms with Gasteiger partial charge in [-0.05, 0) is 25.0 Å². The van der Waals surface area contributed by atoms with E-state index in [2.05, 4.69) is 31.1 Å². The topological polar surface area (TPSA) is 38.1 Å². The van der Waals surface area contributed by atoms with Gasteiger partial charge in [0, 0.05) is 24.7 Å². The number of benzene rings is 1. The molecule has 3 nitrogen and oxygen atoms in total. The first-order valence-electron chi connectivity index (χ1n) is 5.70. The number of aryl methyl sites for hydroxylation is 1. The number of aromatic nitrogens is 1. The number of hydrogen-bond donors (Lipinski definition) is 1. The van der Waals surface area contributed by atoms with Gasteiger partial charge in [0.25, 0.3) is 0 Å². The molecular formula is C13H18N2O. The molecule has 0 aliphatic carbocycles. The third kappa shape index (κ3) is 2.18. The molecule has 0 aliphatic heterocycles. The van der Waals surface area contributed by atoms with Crippen molar-refractivity contribution in [3.63, 3.8) is 0 Å². The van der Waals surface area contributed by atoms with Crippen LogP contribution >= 0.6 is 0 Å². The van der Waals surface area contributed by atoms with E-state index in [0.717, 1.165) is 16.8 Å². The van der Waals surface area contributed by atoms with Crippen molar-refractivity contribution in [1.82, 2.24) is 4.98 Å². The SMILES string of the molecule is Cc1nc2ccc(NC(C)C(C)C)cc2o1. The lowest BCUT2D eigenvalue weighted by Gasteiger charge is -2.18. The first-order valence-corrected chi connectivity index (χ1v) is 5.70. The number of anilines is 1. The third-order valence-electron chi connectivity index (χ3n) is 2.89. The van der Waals surface area contributed by atoms with Crippen LogP contribution in [0, 0.1) is 12.8 Å². The van der Waals surface area contributed by atoms with E-state index >= 15 is 0 Å². The minimum Gasteiger partial charge on any atom is -0.441 e. The zero-order valence-corrected chi connectivity index (χ0v) is 10.2. The normalized spacial score (nSPS) is 13.3. The Morgan fingerprint density at radius 2 is 2.00 bits per heavy atom. The number of oxazole rings is 1. The number of hydrogen-bond acceptors (Lipinski definition) is 3. The molecule has 2 aromatic rings. The molecule has 3 heteroatoms. The van der Waals surface area contributed by atoms with Crippen molar-refractivity contribution in [2.45, 2.75) is 33.7 Å². The predicted octanol–water partition coefficient (Wildman–Crippen LogP) is 3.59. The highest BCUT2D eigenvalue weighted by molar-refractivity contribution is 5.77. The van der Waals surface area contributed by atoms with Gasteiger partial charge in [0.2, 0.25) is 0 Å². The van der Waals surface area contributed by atoms with Crippen LogP contribution in [0.25, 0.3) is 11.1 Å². The summed E-state index contributed by atoms with van der Waals surface area (Å²) in [7, 11) is 0. The summed E-state index contributed by atoms with van der Waals surface area (Å²) in [6.07, 6.45) is 0. The molecule has 0 saturated carbocycles. The van der Waals surface area contributed by atoms with Crippen LogP contribution in [0.1, 0.15) is 26.7 Å². The Kier molecular flexibility index (Phi) is 2.86. The highest BCUT2D eigenvalue weighted by Gasteiger charge is 2.08. The molecule has 1 unspecified atom stereocenters. The fraction of sp³-hybridized carbons (Fsp3) is 0.462. The van der Waals surface area contributed by atoms with Gasteiger partial charge in [-0.15, -0.1) is 0 Å². The number of fused-ring (bicyclic) bond motifs is 1. The highest BCUT2D eigenvalue weighted by atomic mass is 16.3. The largest absolute Gasteiger partial charge is 0.441 e. The van der Waals surface area contributed by atoms with Gasteiger partial charge in [0.05, 0.1) is 0 Å². The van der Waals surface area contributed by atoms with Crippen LogP contribution in [0.2, 0.25) is 0 Å². The molecule has 0 fully saturated rings. The quantitative estimate of drug-likeness (QED) is 0.855. The molecule has 2 rings (SSSR count). The third-order valence-corrected chi connectivity index (χ3v) is 2.89. The second kappa shape index (κ2) is 4.16. The molecule has 1 atom stereocenters. The Labute approximate surface area is 95.9 Å². The summed E-state index contributed by atoms with van der Waals surface area (Å²) in [5, 5.41) is 3.45. The summed E-state index contributed by atoms with van der Waals surface area (Å²) in [6.45, 7) is 8.45. The standard InChI is InChI=1S/C13H18N2O/c1-8(2)9(3)14-11-5-6-12-13(7-11)16-10(4)15-12/h5-9,14H,1-4H3. The Hall–Kier alpha value is -1.51. The average molecular weight is 218 g/mol. The van der Waals surface area contributed by atoms with Crippen molar-refractivity contribution < 1.29 is 4.42 Å². The van der Waals surface area contributed by atoms with Crippen LogP contribution in [0.4, 0.5) is 5.69 Å². The van der Waals surface area contributed by atoms with E-state index in [0.29, 0.717) is 17.9 Å². The Morgan fingerprint density at radius 1 is 1.25 bits per heavy atom. The molecule has 0 saturated heterocycles. The van der Waals surface area contributed by atoms with Crippen molar-refractivity contribution in [2.75, 3.05) is 5.32 Å². The van der Waals surface area contributed by atoms with E-state index in [1.54, 1.807) is 0 Å². The molecule has 0 aliphatic rings. The fourth-order valence-electron chi connectivity index (χ4n) is 1.56. The first kappa shape index (κ1) is 11.0. The molecule has 86 valence electrons. The zero-order chi connectivity index (χ0) is 11.7. The van der Waals surface area contributed by atoms with Gasteiger partial charge in [-0.1, -0.05) is 13.8 Å². The Bertz CT molecular complexity index is 488. The zero-order valence-electron chi connectivity index (χ0n) is 10.2. The van der Waals surface area contributed by atoms with Crippen LogP contribution < -0.4 is 5.32 Å². The second-order valence-electron chi connectivity index (χ2n) is 4.59. The van der Waals surface area contributed by atoms with Crippen LogP contribution in [-0.4, -0.2) is 11.0 Å². The van der Waals surface area contributed by atoms with Crippen molar-refractivity contribution in [1.29, 1.82) is 0 Å². The lowest BCUT2D eigenvalue weighted by Crippen LogP contribution is -2.21. The van der Waals surface area contributed by atoms with E-state index in [-0.39, 0.29) is 0 Å². The number of rotatable bonds is 3. The fourth-order valence-corrected chi connectivity index (χ4v) is 1.56. The number of nitrogens with one attached hydrogen (secondary N) is 1. The van der Waals surface area contributed by atoms with E-state index in [1.807, 2.05) is 25.1 Å². The lowest BCUT2D eigenvalue weighted by molar-refractivity contribution is 0.556. The van der Waals surface area contributed by atoms with Gasteiger partial charge >= 0.3 is 0 Å². The van der Waals surface area contributed by atoms with Gasteiger partial charge in [-0.25, -0.2) is 4.98 Å². The van der Waals surface area contributed by atoms with Crippen LogP contribution in [-0.2, 0) is 0 Å². The summed E-state index contributed by atoms with van der Waals surface area (Å²) in [4.78, 5) is 4.27. The molecule has 0 amide bonds. The molecular weight excluding hydrogens is 200 g/mol. The van der Waals surface area contributed by atoms with Crippen LogP contribution in [0.3, 0.4) is 0 Å². The molecule has 16 heavy (non-hydrogen) atoms. The Morgan fingerprint density at radius 3 is 2.69 bits per heavy atom. The maximum absolute atomic E-state index is 5.50. The van der Waals surface area contributed by atoms with Crippen molar-refractivity contribution in [3.8, 4) is 0 Å². The van der Waals surface area contributed by atoms with Gasteiger partial charge in [0.1, 0.15) is 5.52 Å². The summed E-state index contributed by atoms with van der Waals surface area (Å²) >= 11 is 0. The molecule has 0 spiro atoms. The maximum Gasteiger partial charge on any atom is 0.192 e. The second-order valence-corrected chi connectivity index (χ2v) is 4.59. The summed E-state index contributed by atoms with van der Waals surface area (Å²) in [5.41, 5.74) is 2.85. The molecule has 0 radical (unpaired) electrons. The first-order chi connectivity index (χ1) is 7.56. The summed E-state index contributed by atoms with van der Waals surface area (Å²) < 4.78 is 5.50. The van der Waals surface area contributed by atoms with Crippen molar-refractivity contribution in [3.05, 3.63) is 24.1 Å². The maximum atomic E-state index is 5.50. The molecule has 1 heterocycles. The smallest absolute Gasteiger partial charge is 0.192 e. The Balaban J connectivity index is 2.25. The van der Waals surface area contributed by atoms with Gasteiger partial charge in [0.15, 0.2) is 11.5 Å². The van der Waals surface area contributed by atoms with Gasteiger partial charge in [-0.2, -0.15) is 0 Å².